The normalized spacial score (nSPS) is 18.3. The largest absolute Gasteiger partial charge is 0.488 e. The highest BCUT2D eigenvalue weighted by Crippen LogP contribution is 2.18. The predicted octanol–water partition coefficient (Wildman–Crippen LogP) is 2.16. The molecule has 5 nitrogen and oxygen atoms in total. The second-order valence-corrected chi connectivity index (χ2v) is 5.03. The second-order valence-electron chi connectivity index (χ2n) is 5.03. The third kappa shape index (κ3) is 3.37. The summed E-state index contributed by atoms with van der Waals surface area (Å²) >= 11 is 0. The van der Waals surface area contributed by atoms with E-state index in [4.69, 9.17) is 4.74 Å². The lowest BCUT2D eigenvalue weighted by Crippen LogP contribution is -2.44. The van der Waals surface area contributed by atoms with Crippen LogP contribution in [0, 0.1) is 0 Å². The maximum atomic E-state index is 12.4. The standard InChI is InChI=1S/C16H17N3O2/c20-16(15-5-1-2-8-18-15)19-11-3-4-14(12-19)21-13-6-9-17-10-7-13/h1-2,5-10,14H,3-4,11-12H2/t14-/m1/s1. The summed E-state index contributed by atoms with van der Waals surface area (Å²) < 4.78 is 5.92. The van der Waals surface area contributed by atoms with Gasteiger partial charge in [0.1, 0.15) is 17.5 Å². The summed E-state index contributed by atoms with van der Waals surface area (Å²) in [6.07, 6.45) is 6.96. The van der Waals surface area contributed by atoms with Gasteiger partial charge in [-0.2, -0.15) is 0 Å². The fraction of sp³-hybridized carbons (Fsp3) is 0.312. The number of likely N-dealkylation sites (tertiary alicyclic amines) is 1. The number of pyridine rings is 2. The highest BCUT2D eigenvalue weighted by Gasteiger charge is 2.26. The number of carbonyl (C=O) groups is 1. The molecule has 0 unspecified atom stereocenters. The van der Waals surface area contributed by atoms with Crippen molar-refractivity contribution < 1.29 is 9.53 Å². The lowest BCUT2D eigenvalue weighted by atomic mass is 10.1. The van der Waals surface area contributed by atoms with Crippen LogP contribution in [0.15, 0.2) is 48.9 Å². The van der Waals surface area contributed by atoms with E-state index in [1.165, 1.54) is 0 Å². The van der Waals surface area contributed by atoms with Crippen LogP contribution in [0.1, 0.15) is 23.3 Å². The lowest BCUT2D eigenvalue weighted by Gasteiger charge is -2.32. The monoisotopic (exact) mass is 283 g/mol. The van der Waals surface area contributed by atoms with E-state index in [9.17, 15) is 4.79 Å². The molecular weight excluding hydrogens is 266 g/mol. The maximum Gasteiger partial charge on any atom is 0.272 e. The fourth-order valence-corrected chi connectivity index (χ4v) is 2.48. The molecule has 1 saturated heterocycles. The first kappa shape index (κ1) is 13.5. The predicted molar refractivity (Wildman–Crippen MR) is 78.0 cm³/mol. The first-order valence-corrected chi connectivity index (χ1v) is 7.10. The average molecular weight is 283 g/mol. The molecule has 0 bridgehead atoms. The summed E-state index contributed by atoms with van der Waals surface area (Å²) in [5.74, 6) is 0.765. The van der Waals surface area contributed by atoms with Gasteiger partial charge in [0.15, 0.2) is 0 Å². The van der Waals surface area contributed by atoms with E-state index in [0.717, 1.165) is 25.1 Å². The van der Waals surface area contributed by atoms with Gasteiger partial charge in [-0.3, -0.25) is 14.8 Å². The van der Waals surface area contributed by atoms with Crippen LogP contribution < -0.4 is 4.74 Å². The van der Waals surface area contributed by atoms with E-state index < -0.39 is 0 Å². The molecule has 0 N–H and O–H groups in total. The molecule has 0 aliphatic carbocycles. The van der Waals surface area contributed by atoms with E-state index in [1.807, 2.05) is 29.2 Å². The highest BCUT2D eigenvalue weighted by atomic mass is 16.5. The molecular formula is C16H17N3O2. The minimum absolute atomic E-state index is 0.0220. The second kappa shape index (κ2) is 6.35. The number of amides is 1. The molecule has 1 aliphatic rings. The Hall–Kier alpha value is -2.43. The zero-order valence-electron chi connectivity index (χ0n) is 11.7. The van der Waals surface area contributed by atoms with Crippen molar-refractivity contribution in [3.63, 3.8) is 0 Å². The summed E-state index contributed by atoms with van der Waals surface area (Å²) in [7, 11) is 0. The van der Waals surface area contributed by atoms with Crippen LogP contribution in [0.2, 0.25) is 0 Å². The maximum absolute atomic E-state index is 12.4. The Labute approximate surface area is 123 Å². The molecule has 1 atom stereocenters. The molecule has 1 amide bonds. The Balaban J connectivity index is 1.64. The highest BCUT2D eigenvalue weighted by molar-refractivity contribution is 5.92. The molecule has 21 heavy (non-hydrogen) atoms. The molecule has 3 rings (SSSR count). The van der Waals surface area contributed by atoms with Crippen molar-refractivity contribution in [2.45, 2.75) is 18.9 Å². The SMILES string of the molecule is O=C(c1ccccn1)N1CCC[C@@H](Oc2ccncc2)C1. The van der Waals surface area contributed by atoms with Crippen molar-refractivity contribution in [2.24, 2.45) is 0 Å². The zero-order valence-corrected chi connectivity index (χ0v) is 11.7. The van der Waals surface area contributed by atoms with Crippen molar-refractivity contribution >= 4 is 5.91 Å². The van der Waals surface area contributed by atoms with Gasteiger partial charge in [-0.1, -0.05) is 6.07 Å². The van der Waals surface area contributed by atoms with Crippen LogP contribution in [0.3, 0.4) is 0 Å². The Bertz CT molecular complexity index is 589. The number of hydrogen-bond acceptors (Lipinski definition) is 4. The van der Waals surface area contributed by atoms with Gasteiger partial charge < -0.3 is 9.64 Å². The van der Waals surface area contributed by atoms with Crippen LogP contribution in [-0.4, -0.2) is 40.0 Å². The van der Waals surface area contributed by atoms with Crippen LogP contribution in [0.25, 0.3) is 0 Å². The smallest absolute Gasteiger partial charge is 0.272 e. The summed E-state index contributed by atoms with van der Waals surface area (Å²) in [4.78, 5) is 22.3. The van der Waals surface area contributed by atoms with Gasteiger partial charge in [0.05, 0.1) is 6.54 Å². The summed E-state index contributed by atoms with van der Waals surface area (Å²) in [5, 5.41) is 0. The van der Waals surface area contributed by atoms with Crippen molar-refractivity contribution in [1.29, 1.82) is 0 Å². The Kier molecular flexibility index (Phi) is 4.09. The number of aromatic nitrogens is 2. The van der Waals surface area contributed by atoms with Gasteiger partial charge >= 0.3 is 0 Å². The third-order valence-electron chi connectivity index (χ3n) is 3.50. The van der Waals surface area contributed by atoms with Gasteiger partial charge in [-0.25, -0.2) is 0 Å². The van der Waals surface area contributed by atoms with Gasteiger partial charge in [0.25, 0.3) is 5.91 Å². The minimum Gasteiger partial charge on any atom is -0.488 e. The van der Waals surface area contributed by atoms with E-state index in [1.54, 1.807) is 24.7 Å². The molecule has 108 valence electrons. The van der Waals surface area contributed by atoms with Crippen molar-refractivity contribution in [3.05, 3.63) is 54.6 Å². The fourth-order valence-electron chi connectivity index (χ4n) is 2.48. The third-order valence-corrected chi connectivity index (χ3v) is 3.50. The Morgan fingerprint density at radius 2 is 2.05 bits per heavy atom. The van der Waals surface area contributed by atoms with Crippen LogP contribution >= 0.6 is 0 Å². The first-order valence-electron chi connectivity index (χ1n) is 7.10. The number of ether oxygens (including phenoxy) is 1. The molecule has 0 radical (unpaired) electrons. The average Bonchev–Trinajstić information content (AvgIpc) is 2.56. The molecule has 5 heteroatoms. The van der Waals surface area contributed by atoms with E-state index in [-0.39, 0.29) is 12.0 Å². The quantitative estimate of drug-likeness (QED) is 0.866. The van der Waals surface area contributed by atoms with Crippen molar-refractivity contribution in [3.8, 4) is 5.75 Å². The summed E-state index contributed by atoms with van der Waals surface area (Å²) in [6, 6.07) is 9.05. The lowest BCUT2D eigenvalue weighted by molar-refractivity contribution is 0.0532. The molecule has 1 fully saturated rings. The van der Waals surface area contributed by atoms with Crippen molar-refractivity contribution in [2.75, 3.05) is 13.1 Å². The minimum atomic E-state index is -0.0290. The molecule has 0 aromatic carbocycles. The van der Waals surface area contributed by atoms with Gasteiger partial charge in [-0.15, -0.1) is 0 Å². The van der Waals surface area contributed by atoms with Gasteiger partial charge in [0.2, 0.25) is 0 Å². The topological polar surface area (TPSA) is 55.3 Å². The van der Waals surface area contributed by atoms with Gasteiger partial charge in [0, 0.05) is 25.1 Å². The first-order chi connectivity index (χ1) is 10.3. The van der Waals surface area contributed by atoms with Gasteiger partial charge in [-0.05, 0) is 37.1 Å². The van der Waals surface area contributed by atoms with Crippen LogP contribution in [0.5, 0.6) is 5.75 Å². The molecule has 2 aromatic heterocycles. The van der Waals surface area contributed by atoms with Crippen LogP contribution in [0.4, 0.5) is 0 Å². The molecule has 2 aromatic rings. The summed E-state index contributed by atoms with van der Waals surface area (Å²) in [5.41, 5.74) is 0.488. The van der Waals surface area contributed by atoms with Crippen molar-refractivity contribution in [1.82, 2.24) is 14.9 Å². The van der Waals surface area contributed by atoms with Crippen LogP contribution in [-0.2, 0) is 0 Å². The van der Waals surface area contributed by atoms with E-state index in [0.29, 0.717) is 12.2 Å². The number of hydrogen-bond donors (Lipinski definition) is 0. The number of rotatable bonds is 3. The Morgan fingerprint density at radius 1 is 1.19 bits per heavy atom. The zero-order chi connectivity index (χ0) is 14.5. The molecule has 3 heterocycles. The number of nitrogens with zero attached hydrogens (tertiary/aromatic N) is 3. The number of carbonyl (C=O) groups excluding carboxylic acids is 1. The Morgan fingerprint density at radius 3 is 2.81 bits per heavy atom. The van der Waals surface area contributed by atoms with E-state index >= 15 is 0 Å². The summed E-state index contributed by atoms with van der Waals surface area (Å²) in [6.45, 7) is 1.35. The molecule has 0 saturated carbocycles. The van der Waals surface area contributed by atoms with E-state index in [2.05, 4.69) is 9.97 Å². The number of piperidine rings is 1. The molecule has 1 aliphatic heterocycles. The molecule has 0 spiro atoms.